The van der Waals surface area contributed by atoms with Crippen molar-refractivity contribution in [1.82, 2.24) is 15.1 Å². The number of aromatic nitrogens is 2. The second-order valence-electron chi connectivity index (χ2n) is 4.92. The van der Waals surface area contributed by atoms with Crippen LogP contribution in [0.1, 0.15) is 5.56 Å². The molecule has 0 unspecified atom stereocenters. The number of nitrogens with two attached hydrogens (primary N) is 1. The van der Waals surface area contributed by atoms with Gasteiger partial charge in [0.2, 0.25) is 11.0 Å². The van der Waals surface area contributed by atoms with Gasteiger partial charge in [0, 0.05) is 13.6 Å². The van der Waals surface area contributed by atoms with Crippen molar-refractivity contribution in [2.45, 2.75) is 10.9 Å². The number of nitrogen functional groups attached to an aromatic ring is 1. The zero-order valence-electron chi connectivity index (χ0n) is 12.5. The maximum absolute atomic E-state index is 12.2. The number of hydrogen-bond acceptors (Lipinski definition) is 8. The van der Waals surface area contributed by atoms with Crippen LogP contribution in [-0.2, 0) is 11.3 Å². The van der Waals surface area contributed by atoms with E-state index in [1.54, 1.807) is 11.9 Å². The minimum Gasteiger partial charge on any atom is -0.486 e. The first-order valence-electron chi connectivity index (χ1n) is 6.96. The molecule has 0 atom stereocenters. The van der Waals surface area contributed by atoms with E-state index < -0.39 is 0 Å². The number of thioether (sulfide) groups is 1. The molecule has 0 bridgehead atoms. The van der Waals surface area contributed by atoms with Crippen LogP contribution >= 0.6 is 23.1 Å². The smallest absolute Gasteiger partial charge is 0.233 e. The number of ether oxygens (including phenoxy) is 2. The SMILES string of the molecule is CN(Cc1ccc2c(c1)OCCO2)C(=O)CSc1nnc(N)s1. The largest absolute Gasteiger partial charge is 0.486 e. The predicted octanol–water partition coefficient (Wildman–Crippen LogP) is 1.64. The van der Waals surface area contributed by atoms with Crippen molar-refractivity contribution in [3.8, 4) is 11.5 Å². The molecule has 1 aliphatic rings. The van der Waals surface area contributed by atoms with E-state index in [-0.39, 0.29) is 5.91 Å². The Morgan fingerprint density at radius 3 is 2.87 bits per heavy atom. The molecule has 0 saturated carbocycles. The number of fused-ring (bicyclic) bond motifs is 1. The Morgan fingerprint density at radius 1 is 1.35 bits per heavy atom. The molecule has 0 saturated heterocycles. The molecule has 1 amide bonds. The van der Waals surface area contributed by atoms with E-state index in [4.69, 9.17) is 15.2 Å². The van der Waals surface area contributed by atoms with Gasteiger partial charge in [0.1, 0.15) is 13.2 Å². The summed E-state index contributed by atoms with van der Waals surface area (Å²) in [5, 5.41) is 8.01. The molecule has 23 heavy (non-hydrogen) atoms. The van der Waals surface area contributed by atoms with Crippen LogP contribution in [0.25, 0.3) is 0 Å². The molecule has 0 radical (unpaired) electrons. The van der Waals surface area contributed by atoms with Gasteiger partial charge in [-0.3, -0.25) is 4.79 Å². The van der Waals surface area contributed by atoms with Crippen LogP contribution in [-0.4, -0.2) is 47.0 Å². The number of nitrogens with zero attached hydrogens (tertiary/aromatic N) is 3. The minimum atomic E-state index is 0.0126. The summed E-state index contributed by atoms with van der Waals surface area (Å²) in [4.78, 5) is 13.9. The Balaban J connectivity index is 1.55. The highest BCUT2D eigenvalue weighted by molar-refractivity contribution is 8.01. The quantitative estimate of drug-likeness (QED) is 0.818. The number of amides is 1. The van der Waals surface area contributed by atoms with Gasteiger partial charge in [0.25, 0.3) is 0 Å². The third-order valence-corrected chi connectivity index (χ3v) is 5.06. The first-order valence-corrected chi connectivity index (χ1v) is 8.76. The van der Waals surface area contributed by atoms with Crippen molar-refractivity contribution in [1.29, 1.82) is 0 Å². The molecule has 7 nitrogen and oxygen atoms in total. The summed E-state index contributed by atoms with van der Waals surface area (Å²) in [6, 6.07) is 5.73. The molecule has 2 heterocycles. The van der Waals surface area contributed by atoms with Gasteiger partial charge in [0.15, 0.2) is 15.8 Å². The third-order valence-electron chi connectivity index (χ3n) is 3.19. The van der Waals surface area contributed by atoms with Crippen molar-refractivity contribution in [2.24, 2.45) is 0 Å². The highest BCUT2D eigenvalue weighted by atomic mass is 32.2. The highest BCUT2D eigenvalue weighted by Crippen LogP contribution is 2.31. The Kier molecular flexibility index (Phi) is 4.87. The number of carbonyl (C=O) groups excluding carboxylic acids is 1. The van der Waals surface area contributed by atoms with Crippen LogP contribution in [0, 0.1) is 0 Å². The van der Waals surface area contributed by atoms with E-state index in [1.807, 2.05) is 18.2 Å². The maximum Gasteiger partial charge on any atom is 0.233 e. The molecule has 2 aromatic rings. The number of rotatable bonds is 5. The summed E-state index contributed by atoms with van der Waals surface area (Å²) in [6.07, 6.45) is 0. The number of carbonyl (C=O) groups is 1. The lowest BCUT2D eigenvalue weighted by Crippen LogP contribution is -2.27. The Morgan fingerprint density at radius 2 is 2.13 bits per heavy atom. The van der Waals surface area contributed by atoms with Crippen molar-refractivity contribution >= 4 is 34.1 Å². The summed E-state index contributed by atoms with van der Waals surface area (Å²) in [5.41, 5.74) is 6.51. The zero-order valence-corrected chi connectivity index (χ0v) is 14.2. The van der Waals surface area contributed by atoms with E-state index in [0.29, 0.717) is 35.0 Å². The molecule has 1 aliphatic heterocycles. The second-order valence-corrected chi connectivity index (χ2v) is 7.15. The van der Waals surface area contributed by atoms with E-state index in [9.17, 15) is 4.79 Å². The number of hydrogen-bond donors (Lipinski definition) is 1. The fourth-order valence-electron chi connectivity index (χ4n) is 2.06. The number of benzene rings is 1. The Hall–Kier alpha value is -2.00. The lowest BCUT2D eigenvalue weighted by Gasteiger charge is -2.21. The van der Waals surface area contributed by atoms with Gasteiger partial charge in [-0.1, -0.05) is 29.2 Å². The minimum absolute atomic E-state index is 0.0126. The van der Waals surface area contributed by atoms with Crippen LogP contribution in [0.15, 0.2) is 22.5 Å². The lowest BCUT2D eigenvalue weighted by molar-refractivity contribution is -0.127. The van der Waals surface area contributed by atoms with Gasteiger partial charge in [-0.2, -0.15) is 0 Å². The number of anilines is 1. The summed E-state index contributed by atoms with van der Waals surface area (Å²) >= 11 is 2.62. The van der Waals surface area contributed by atoms with Gasteiger partial charge in [-0.15, -0.1) is 10.2 Å². The fourth-order valence-corrected chi connectivity index (χ4v) is 3.64. The molecular weight excluding hydrogens is 336 g/mol. The maximum atomic E-state index is 12.2. The van der Waals surface area contributed by atoms with Gasteiger partial charge < -0.3 is 20.1 Å². The molecule has 1 aromatic heterocycles. The van der Waals surface area contributed by atoms with Crippen LogP contribution in [0.5, 0.6) is 11.5 Å². The van der Waals surface area contributed by atoms with Crippen LogP contribution in [0.3, 0.4) is 0 Å². The zero-order chi connectivity index (χ0) is 16.2. The highest BCUT2D eigenvalue weighted by Gasteiger charge is 2.15. The third kappa shape index (κ3) is 4.05. The van der Waals surface area contributed by atoms with E-state index in [0.717, 1.165) is 17.1 Å². The normalized spacial score (nSPS) is 12.9. The molecule has 3 rings (SSSR count). The second kappa shape index (κ2) is 7.05. The van der Waals surface area contributed by atoms with Crippen LogP contribution in [0.2, 0.25) is 0 Å². The molecule has 9 heteroatoms. The molecule has 2 N–H and O–H groups in total. The molecule has 0 fully saturated rings. The Labute approximate surface area is 141 Å². The van der Waals surface area contributed by atoms with Gasteiger partial charge in [-0.05, 0) is 17.7 Å². The summed E-state index contributed by atoms with van der Waals surface area (Å²) in [7, 11) is 1.77. The van der Waals surface area contributed by atoms with Crippen LogP contribution in [0.4, 0.5) is 5.13 Å². The molecule has 0 spiro atoms. The summed E-state index contributed by atoms with van der Waals surface area (Å²) in [6.45, 7) is 1.62. The monoisotopic (exact) mass is 352 g/mol. The first-order chi connectivity index (χ1) is 11.1. The van der Waals surface area contributed by atoms with Crippen molar-refractivity contribution in [3.05, 3.63) is 23.8 Å². The van der Waals surface area contributed by atoms with Gasteiger partial charge >= 0.3 is 0 Å². The van der Waals surface area contributed by atoms with Crippen molar-refractivity contribution < 1.29 is 14.3 Å². The molecule has 1 aromatic carbocycles. The van der Waals surface area contributed by atoms with E-state index in [1.165, 1.54) is 23.1 Å². The summed E-state index contributed by atoms with van der Waals surface area (Å²) < 4.78 is 11.7. The van der Waals surface area contributed by atoms with E-state index >= 15 is 0 Å². The standard InChI is InChI=1S/C14H16N4O3S2/c1-18(12(19)8-22-14-17-16-13(15)23-14)7-9-2-3-10-11(6-9)21-5-4-20-10/h2-3,6H,4-5,7-8H2,1H3,(H2,15,16). The predicted molar refractivity (Wildman–Crippen MR) is 89.0 cm³/mol. The average Bonchev–Trinajstić information content (AvgIpc) is 2.98. The van der Waals surface area contributed by atoms with Crippen molar-refractivity contribution in [2.75, 3.05) is 31.7 Å². The molecule has 0 aliphatic carbocycles. The van der Waals surface area contributed by atoms with Gasteiger partial charge in [0.05, 0.1) is 5.75 Å². The lowest BCUT2D eigenvalue weighted by atomic mass is 10.2. The summed E-state index contributed by atoms with van der Waals surface area (Å²) in [5.74, 6) is 1.79. The molecule has 122 valence electrons. The van der Waals surface area contributed by atoms with Crippen LogP contribution < -0.4 is 15.2 Å². The molecular formula is C14H16N4O3S2. The van der Waals surface area contributed by atoms with Gasteiger partial charge in [-0.25, -0.2) is 0 Å². The Bertz CT molecular complexity index is 707. The average molecular weight is 352 g/mol. The van der Waals surface area contributed by atoms with Crippen molar-refractivity contribution in [3.63, 3.8) is 0 Å². The first kappa shape index (κ1) is 15.9. The van der Waals surface area contributed by atoms with E-state index in [2.05, 4.69) is 10.2 Å². The fraction of sp³-hybridized carbons (Fsp3) is 0.357. The topological polar surface area (TPSA) is 90.6 Å².